The summed E-state index contributed by atoms with van der Waals surface area (Å²) in [6.07, 6.45) is 2.43. The Morgan fingerprint density at radius 2 is 2.25 bits per heavy atom. The fourth-order valence-electron chi connectivity index (χ4n) is 1.45. The van der Waals surface area contributed by atoms with Gasteiger partial charge in [0.2, 0.25) is 0 Å². The molecule has 1 saturated carbocycles. The Hall–Kier alpha value is -1.42. The van der Waals surface area contributed by atoms with Crippen molar-refractivity contribution in [1.82, 2.24) is 0 Å². The first-order valence-corrected chi connectivity index (χ1v) is 5.26. The van der Waals surface area contributed by atoms with Gasteiger partial charge < -0.3 is 9.84 Å². The van der Waals surface area contributed by atoms with Gasteiger partial charge in [0.25, 0.3) is 0 Å². The zero-order valence-electron chi connectivity index (χ0n) is 8.78. The lowest BCUT2D eigenvalue weighted by Crippen LogP contribution is -2.02. The minimum Gasteiger partial charge on any atom is -0.478 e. The Morgan fingerprint density at radius 3 is 2.81 bits per heavy atom. The second kappa shape index (κ2) is 4.61. The molecule has 0 radical (unpaired) electrons. The number of halogens is 1. The van der Waals surface area contributed by atoms with Gasteiger partial charge in [-0.15, -0.1) is 0 Å². The summed E-state index contributed by atoms with van der Waals surface area (Å²) in [5, 5.41) is 8.64. The Balaban J connectivity index is 1.93. The van der Waals surface area contributed by atoms with Crippen LogP contribution in [0.2, 0.25) is 0 Å². The van der Waals surface area contributed by atoms with Crippen LogP contribution in [0, 0.1) is 11.7 Å². The van der Waals surface area contributed by atoms with E-state index in [0.717, 1.165) is 0 Å². The van der Waals surface area contributed by atoms with Crippen molar-refractivity contribution in [3.63, 3.8) is 0 Å². The molecule has 1 aromatic rings. The van der Waals surface area contributed by atoms with E-state index in [9.17, 15) is 9.18 Å². The van der Waals surface area contributed by atoms with Crippen LogP contribution in [0.15, 0.2) is 18.2 Å². The van der Waals surface area contributed by atoms with Crippen molar-refractivity contribution in [1.29, 1.82) is 0 Å². The third kappa shape index (κ3) is 2.79. The molecule has 0 bridgehead atoms. The molecular formula is C12H13FO3. The Morgan fingerprint density at radius 1 is 1.50 bits per heavy atom. The van der Waals surface area contributed by atoms with E-state index in [0.29, 0.717) is 24.7 Å². The molecule has 86 valence electrons. The molecule has 0 spiro atoms. The summed E-state index contributed by atoms with van der Waals surface area (Å²) < 4.78 is 18.6. The van der Waals surface area contributed by atoms with E-state index in [1.165, 1.54) is 25.0 Å². The second-order valence-electron chi connectivity index (χ2n) is 4.08. The molecule has 0 heterocycles. The van der Waals surface area contributed by atoms with E-state index in [1.807, 2.05) is 0 Å². The van der Waals surface area contributed by atoms with Gasteiger partial charge in [0.15, 0.2) is 0 Å². The summed E-state index contributed by atoms with van der Waals surface area (Å²) in [5.74, 6) is -1.29. The molecule has 1 N–H and O–H groups in total. The van der Waals surface area contributed by atoms with Gasteiger partial charge in [-0.05, 0) is 36.5 Å². The van der Waals surface area contributed by atoms with Gasteiger partial charge in [0.1, 0.15) is 5.82 Å². The molecule has 0 aliphatic heterocycles. The number of carboxylic acid groups (broad SMARTS) is 1. The predicted molar refractivity (Wildman–Crippen MR) is 55.7 cm³/mol. The van der Waals surface area contributed by atoms with Gasteiger partial charge in [0, 0.05) is 6.61 Å². The van der Waals surface area contributed by atoms with Crippen molar-refractivity contribution in [2.24, 2.45) is 5.92 Å². The zero-order valence-corrected chi connectivity index (χ0v) is 8.78. The normalized spacial score (nSPS) is 15.1. The summed E-state index contributed by atoms with van der Waals surface area (Å²) >= 11 is 0. The van der Waals surface area contributed by atoms with Crippen molar-refractivity contribution >= 4 is 5.97 Å². The Bertz CT molecular complexity index is 399. The van der Waals surface area contributed by atoms with E-state index in [-0.39, 0.29) is 5.56 Å². The van der Waals surface area contributed by atoms with Gasteiger partial charge in [-0.1, -0.05) is 6.07 Å². The monoisotopic (exact) mass is 224 g/mol. The minimum atomic E-state index is -1.25. The van der Waals surface area contributed by atoms with Crippen LogP contribution in [0.1, 0.15) is 28.8 Å². The number of carbonyl (C=O) groups is 1. The van der Waals surface area contributed by atoms with Gasteiger partial charge in [-0.3, -0.25) is 0 Å². The van der Waals surface area contributed by atoms with Crippen LogP contribution in [-0.4, -0.2) is 17.7 Å². The average molecular weight is 224 g/mol. The van der Waals surface area contributed by atoms with Crippen LogP contribution in [0.3, 0.4) is 0 Å². The number of rotatable bonds is 5. The van der Waals surface area contributed by atoms with Crippen molar-refractivity contribution in [2.45, 2.75) is 19.4 Å². The van der Waals surface area contributed by atoms with E-state index in [2.05, 4.69) is 0 Å². The lowest BCUT2D eigenvalue weighted by Gasteiger charge is -2.04. The number of hydrogen-bond donors (Lipinski definition) is 1. The maximum atomic E-state index is 13.3. The predicted octanol–water partition coefficient (Wildman–Crippen LogP) is 2.45. The summed E-state index contributed by atoms with van der Waals surface area (Å²) in [6.45, 7) is 1.05. The third-order valence-corrected chi connectivity index (χ3v) is 2.58. The lowest BCUT2D eigenvalue weighted by atomic mass is 10.1. The molecule has 1 aliphatic carbocycles. The van der Waals surface area contributed by atoms with Crippen LogP contribution in [0.4, 0.5) is 4.39 Å². The van der Waals surface area contributed by atoms with Crippen molar-refractivity contribution < 1.29 is 19.0 Å². The average Bonchev–Trinajstić information content (AvgIpc) is 3.01. The molecule has 0 atom stereocenters. The molecular weight excluding hydrogens is 211 g/mol. The number of aromatic carboxylic acids is 1. The van der Waals surface area contributed by atoms with Crippen molar-refractivity contribution in [2.75, 3.05) is 6.61 Å². The number of carboxylic acids is 1. The molecule has 2 rings (SSSR count). The number of ether oxygens (including phenoxy) is 1. The summed E-state index contributed by atoms with van der Waals surface area (Å²) in [7, 11) is 0. The molecule has 1 fully saturated rings. The summed E-state index contributed by atoms with van der Waals surface area (Å²) in [4.78, 5) is 10.6. The maximum Gasteiger partial charge on any atom is 0.338 e. The van der Waals surface area contributed by atoms with Gasteiger partial charge in [0.05, 0.1) is 12.2 Å². The lowest BCUT2D eigenvalue weighted by molar-refractivity contribution is 0.0691. The quantitative estimate of drug-likeness (QED) is 0.835. The smallest absolute Gasteiger partial charge is 0.338 e. The molecule has 3 nitrogen and oxygen atoms in total. The first-order chi connectivity index (χ1) is 7.66. The number of hydrogen-bond acceptors (Lipinski definition) is 2. The van der Waals surface area contributed by atoms with Gasteiger partial charge in [-0.2, -0.15) is 0 Å². The molecule has 0 unspecified atom stereocenters. The first-order valence-electron chi connectivity index (χ1n) is 5.26. The zero-order chi connectivity index (χ0) is 11.5. The van der Waals surface area contributed by atoms with E-state index in [1.54, 1.807) is 6.07 Å². The number of benzene rings is 1. The van der Waals surface area contributed by atoms with Crippen LogP contribution in [-0.2, 0) is 11.3 Å². The van der Waals surface area contributed by atoms with E-state index < -0.39 is 11.8 Å². The fourth-order valence-corrected chi connectivity index (χ4v) is 1.45. The van der Waals surface area contributed by atoms with Gasteiger partial charge in [-0.25, -0.2) is 9.18 Å². The summed E-state index contributed by atoms with van der Waals surface area (Å²) in [6, 6.07) is 4.07. The Labute approximate surface area is 92.9 Å². The highest BCUT2D eigenvalue weighted by atomic mass is 19.1. The molecule has 16 heavy (non-hydrogen) atoms. The molecule has 1 aromatic carbocycles. The standard InChI is InChI=1S/C12H13FO3/c13-11-5-9(3-4-10(11)12(14)15)7-16-6-8-1-2-8/h3-5,8H,1-2,6-7H2,(H,14,15). The molecule has 0 aromatic heterocycles. The molecule has 0 amide bonds. The van der Waals surface area contributed by atoms with Crippen LogP contribution in [0.25, 0.3) is 0 Å². The van der Waals surface area contributed by atoms with E-state index >= 15 is 0 Å². The highest BCUT2D eigenvalue weighted by molar-refractivity contribution is 5.87. The SMILES string of the molecule is O=C(O)c1ccc(COCC2CC2)cc1F. The highest BCUT2D eigenvalue weighted by Gasteiger charge is 2.21. The molecule has 4 heteroatoms. The van der Waals surface area contributed by atoms with E-state index in [4.69, 9.17) is 9.84 Å². The van der Waals surface area contributed by atoms with Crippen LogP contribution in [0.5, 0.6) is 0 Å². The molecule has 0 saturated heterocycles. The Kier molecular flexibility index (Phi) is 3.19. The highest BCUT2D eigenvalue weighted by Crippen LogP contribution is 2.29. The largest absolute Gasteiger partial charge is 0.478 e. The third-order valence-electron chi connectivity index (χ3n) is 2.58. The summed E-state index contributed by atoms with van der Waals surface area (Å²) in [5.41, 5.74) is 0.370. The van der Waals surface area contributed by atoms with Crippen molar-refractivity contribution in [3.8, 4) is 0 Å². The topological polar surface area (TPSA) is 46.5 Å². The first kappa shape index (κ1) is 11.1. The maximum absolute atomic E-state index is 13.3. The second-order valence-corrected chi connectivity index (χ2v) is 4.08. The van der Waals surface area contributed by atoms with Crippen LogP contribution >= 0.6 is 0 Å². The van der Waals surface area contributed by atoms with Crippen LogP contribution < -0.4 is 0 Å². The van der Waals surface area contributed by atoms with Crippen molar-refractivity contribution in [3.05, 3.63) is 35.1 Å². The minimum absolute atomic E-state index is 0.300. The van der Waals surface area contributed by atoms with Gasteiger partial charge >= 0.3 is 5.97 Å². The fraction of sp³-hybridized carbons (Fsp3) is 0.417. The molecule has 1 aliphatic rings.